The molecule has 2 fully saturated rings. The van der Waals surface area contributed by atoms with Crippen molar-refractivity contribution in [1.29, 1.82) is 0 Å². The topological polar surface area (TPSA) is 55.6 Å². The predicted octanol–water partition coefficient (Wildman–Crippen LogP) is 0.363. The van der Waals surface area contributed by atoms with Crippen LogP contribution in [0.2, 0.25) is 0 Å². The van der Waals surface area contributed by atoms with E-state index in [4.69, 9.17) is 10.5 Å². The van der Waals surface area contributed by atoms with Gasteiger partial charge in [0.25, 0.3) is 0 Å². The number of hydrogen-bond acceptors (Lipinski definition) is 3. The number of ether oxygens (including phenoxy) is 1. The van der Waals surface area contributed by atoms with E-state index in [1.807, 2.05) is 11.9 Å². The fourth-order valence-electron chi connectivity index (χ4n) is 2.27. The SMILES string of the molecule is CN(C(=O)C1(CN)CC1)C1CCOCC1. The Balaban J connectivity index is 1.94. The first-order valence-electron chi connectivity index (χ1n) is 5.75. The van der Waals surface area contributed by atoms with E-state index in [2.05, 4.69) is 0 Å². The fraction of sp³-hybridized carbons (Fsp3) is 0.909. The molecule has 4 heteroatoms. The molecule has 2 N–H and O–H groups in total. The maximum absolute atomic E-state index is 12.2. The Labute approximate surface area is 90.8 Å². The van der Waals surface area contributed by atoms with E-state index in [9.17, 15) is 4.79 Å². The van der Waals surface area contributed by atoms with E-state index >= 15 is 0 Å². The molecule has 0 aromatic carbocycles. The van der Waals surface area contributed by atoms with Crippen LogP contribution in [-0.4, -0.2) is 43.7 Å². The van der Waals surface area contributed by atoms with Crippen LogP contribution in [0.4, 0.5) is 0 Å². The second-order valence-electron chi connectivity index (χ2n) is 4.74. The summed E-state index contributed by atoms with van der Waals surface area (Å²) in [5.41, 5.74) is 5.46. The minimum Gasteiger partial charge on any atom is -0.381 e. The van der Waals surface area contributed by atoms with Crippen LogP contribution in [0.15, 0.2) is 0 Å². The van der Waals surface area contributed by atoms with Gasteiger partial charge in [0, 0.05) is 32.8 Å². The van der Waals surface area contributed by atoms with Gasteiger partial charge in [-0.15, -0.1) is 0 Å². The molecule has 0 aromatic heterocycles. The third-order valence-corrected chi connectivity index (χ3v) is 3.76. The number of carbonyl (C=O) groups is 1. The zero-order valence-electron chi connectivity index (χ0n) is 9.37. The van der Waals surface area contributed by atoms with Crippen LogP contribution in [0.25, 0.3) is 0 Å². The molecule has 1 saturated heterocycles. The first-order valence-corrected chi connectivity index (χ1v) is 5.75. The van der Waals surface area contributed by atoms with Crippen molar-refractivity contribution in [3.05, 3.63) is 0 Å². The van der Waals surface area contributed by atoms with Gasteiger partial charge in [0.05, 0.1) is 5.41 Å². The lowest BCUT2D eigenvalue weighted by Gasteiger charge is -2.33. The van der Waals surface area contributed by atoms with Crippen molar-refractivity contribution >= 4 is 5.91 Å². The van der Waals surface area contributed by atoms with E-state index in [1.54, 1.807) is 0 Å². The number of nitrogens with zero attached hydrogens (tertiary/aromatic N) is 1. The highest BCUT2D eigenvalue weighted by Gasteiger charge is 2.50. The van der Waals surface area contributed by atoms with E-state index in [0.717, 1.165) is 38.9 Å². The maximum atomic E-state index is 12.2. The second kappa shape index (κ2) is 4.10. The van der Waals surface area contributed by atoms with Crippen molar-refractivity contribution < 1.29 is 9.53 Å². The average Bonchev–Trinajstić information content (AvgIpc) is 3.09. The lowest BCUT2D eigenvalue weighted by molar-refractivity contribution is -0.139. The Hall–Kier alpha value is -0.610. The average molecular weight is 212 g/mol. The molecule has 2 rings (SSSR count). The summed E-state index contributed by atoms with van der Waals surface area (Å²) in [7, 11) is 1.91. The van der Waals surface area contributed by atoms with Gasteiger partial charge in [0.1, 0.15) is 0 Å². The Kier molecular flexibility index (Phi) is 2.98. The predicted molar refractivity (Wildman–Crippen MR) is 57.3 cm³/mol. The van der Waals surface area contributed by atoms with Gasteiger partial charge in [-0.3, -0.25) is 4.79 Å². The normalized spacial score (nSPS) is 24.9. The molecule has 1 saturated carbocycles. The van der Waals surface area contributed by atoms with Crippen LogP contribution < -0.4 is 5.73 Å². The molecule has 0 unspecified atom stereocenters. The highest BCUT2D eigenvalue weighted by atomic mass is 16.5. The Morgan fingerprint density at radius 1 is 1.47 bits per heavy atom. The van der Waals surface area contributed by atoms with Crippen molar-refractivity contribution in [2.45, 2.75) is 31.7 Å². The molecular formula is C11H20N2O2. The first kappa shape index (κ1) is 10.9. The molecule has 1 aliphatic carbocycles. The number of rotatable bonds is 3. The number of carbonyl (C=O) groups excluding carboxylic acids is 1. The molecule has 15 heavy (non-hydrogen) atoms. The molecule has 86 valence electrons. The van der Waals surface area contributed by atoms with E-state index in [0.29, 0.717) is 12.6 Å². The van der Waals surface area contributed by atoms with Gasteiger partial charge in [-0.05, 0) is 25.7 Å². The van der Waals surface area contributed by atoms with Crippen LogP contribution in [-0.2, 0) is 9.53 Å². The summed E-state index contributed by atoms with van der Waals surface area (Å²) in [6.07, 6.45) is 3.86. The van der Waals surface area contributed by atoms with Gasteiger partial charge >= 0.3 is 0 Å². The van der Waals surface area contributed by atoms with Crippen LogP contribution in [0, 0.1) is 5.41 Å². The fourth-order valence-corrected chi connectivity index (χ4v) is 2.27. The molecule has 0 aromatic rings. The Morgan fingerprint density at radius 2 is 2.07 bits per heavy atom. The van der Waals surface area contributed by atoms with Crippen LogP contribution in [0.1, 0.15) is 25.7 Å². The number of hydrogen-bond donors (Lipinski definition) is 1. The molecule has 1 amide bonds. The van der Waals surface area contributed by atoms with Crippen LogP contribution >= 0.6 is 0 Å². The summed E-state index contributed by atoms with van der Waals surface area (Å²) in [6.45, 7) is 2.05. The quantitative estimate of drug-likeness (QED) is 0.735. The van der Waals surface area contributed by atoms with Crippen molar-refractivity contribution in [1.82, 2.24) is 4.90 Å². The standard InChI is InChI=1S/C11H20N2O2/c1-13(9-2-6-15-7-3-9)10(14)11(8-12)4-5-11/h9H,2-8,12H2,1H3. The minimum atomic E-state index is -0.201. The van der Waals surface area contributed by atoms with Gasteiger partial charge in [0.2, 0.25) is 5.91 Å². The zero-order chi connectivity index (χ0) is 10.9. The molecule has 0 atom stereocenters. The first-order chi connectivity index (χ1) is 7.19. The summed E-state index contributed by atoms with van der Waals surface area (Å²) in [5, 5.41) is 0. The van der Waals surface area contributed by atoms with Gasteiger partial charge in [-0.1, -0.05) is 0 Å². The van der Waals surface area contributed by atoms with Gasteiger partial charge in [-0.25, -0.2) is 0 Å². The summed E-state index contributed by atoms with van der Waals surface area (Å²) in [6, 6.07) is 0.357. The van der Waals surface area contributed by atoms with Crippen molar-refractivity contribution in [2.75, 3.05) is 26.8 Å². The summed E-state index contributed by atoms with van der Waals surface area (Å²) in [5.74, 6) is 0.247. The van der Waals surface area contributed by atoms with Crippen molar-refractivity contribution in [3.63, 3.8) is 0 Å². The number of nitrogens with two attached hydrogens (primary N) is 1. The van der Waals surface area contributed by atoms with E-state index in [-0.39, 0.29) is 11.3 Å². The zero-order valence-corrected chi connectivity index (χ0v) is 9.37. The van der Waals surface area contributed by atoms with Crippen LogP contribution in [0.3, 0.4) is 0 Å². The van der Waals surface area contributed by atoms with Crippen molar-refractivity contribution in [2.24, 2.45) is 11.1 Å². The highest BCUT2D eigenvalue weighted by Crippen LogP contribution is 2.46. The number of amides is 1. The van der Waals surface area contributed by atoms with Crippen LogP contribution in [0.5, 0.6) is 0 Å². The monoisotopic (exact) mass is 212 g/mol. The largest absolute Gasteiger partial charge is 0.381 e. The smallest absolute Gasteiger partial charge is 0.230 e. The molecule has 0 bridgehead atoms. The molecule has 0 spiro atoms. The molecule has 2 aliphatic rings. The minimum absolute atomic E-state index is 0.201. The summed E-state index contributed by atoms with van der Waals surface area (Å²) < 4.78 is 5.29. The molecular weight excluding hydrogens is 192 g/mol. The maximum Gasteiger partial charge on any atom is 0.230 e. The highest BCUT2D eigenvalue weighted by molar-refractivity contribution is 5.85. The Bertz CT molecular complexity index is 245. The Morgan fingerprint density at radius 3 is 2.53 bits per heavy atom. The lowest BCUT2D eigenvalue weighted by Crippen LogP contribution is -2.46. The molecule has 0 radical (unpaired) electrons. The summed E-state index contributed by atoms with van der Waals surface area (Å²) in [4.78, 5) is 14.1. The summed E-state index contributed by atoms with van der Waals surface area (Å²) >= 11 is 0. The van der Waals surface area contributed by atoms with Crippen molar-refractivity contribution in [3.8, 4) is 0 Å². The third kappa shape index (κ3) is 2.01. The lowest BCUT2D eigenvalue weighted by atomic mass is 10.0. The van der Waals surface area contributed by atoms with Gasteiger partial charge in [-0.2, -0.15) is 0 Å². The second-order valence-corrected chi connectivity index (χ2v) is 4.74. The molecule has 1 heterocycles. The molecule has 4 nitrogen and oxygen atoms in total. The third-order valence-electron chi connectivity index (χ3n) is 3.76. The van der Waals surface area contributed by atoms with E-state index < -0.39 is 0 Å². The van der Waals surface area contributed by atoms with Gasteiger partial charge < -0.3 is 15.4 Å². The van der Waals surface area contributed by atoms with E-state index in [1.165, 1.54) is 0 Å². The molecule has 1 aliphatic heterocycles. The van der Waals surface area contributed by atoms with Gasteiger partial charge in [0.15, 0.2) is 0 Å².